The van der Waals surface area contributed by atoms with Crippen molar-refractivity contribution in [1.82, 2.24) is 15.5 Å². The van der Waals surface area contributed by atoms with Crippen LogP contribution >= 0.6 is 11.8 Å². The summed E-state index contributed by atoms with van der Waals surface area (Å²) < 4.78 is 10.0. The molecule has 1 aliphatic rings. The summed E-state index contributed by atoms with van der Waals surface area (Å²) >= 11 is 1.53. The van der Waals surface area contributed by atoms with Gasteiger partial charge in [-0.2, -0.15) is 11.8 Å². The number of terminal acetylenes is 1. The molecule has 0 aliphatic heterocycles. The topological polar surface area (TPSA) is 114 Å². The van der Waals surface area contributed by atoms with E-state index in [9.17, 15) is 19.2 Å². The smallest absolute Gasteiger partial charge is 0.408 e. The van der Waals surface area contributed by atoms with Gasteiger partial charge in [-0.05, 0) is 63.2 Å². The average molecular weight is 532 g/mol. The van der Waals surface area contributed by atoms with Gasteiger partial charge < -0.3 is 25.0 Å². The number of carbonyl (C=O) groups excluding carboxylic acids is 4. The Balaban J connectivity index is 2.52. The zero-order chi connectivity index (χ0) is 27.8. The average Bonchev–Trinajstić information content (AvgIpc) is 3.57. The Labute approximate surface area is 223 Å². The Morgan fingerprint density at radius 3 is 2.43 bits per heavy atom. The highest BCUT2D eigenvalue weighted by atomic mass is 32.2. The third-order valence-electron chi connectivity index (χ3n) is 5.85. The van der Waals surface area contributed by atoms with E-state index in [0.29, 0.717) is 29.7 Å². The molecule has 0 spiro atoms. The van der Waals surface area contributed by atoms with Gasteiger partial charge in [-0.3, -0.25) is 14.4 Å². The third-order valence-corrected chi connectivity index (χ3v) is 6.49. The van der Waals surface area contributed by atoms with Crippen LogP contribution in [-0.2, 0) is 23.9 Å². The van der Waals surface area contributed by atoms with E-state index in [1.165, 1.54) is 23.8 Å². The Bertz CT molecular complexity index is 1030. The Kier molecular flexibility index (Phi) is 10.9. The van der Waals surface area contributed by atoms with Crippen LogP contribution in [0.5, 0.6) is 0 Å². The normalized spacial score (nSPS) is 18.0. The standard InChI is InChI=1S/C27H37N3O6S/c1-8-18-11-9-10-12-19(18)23(24(32)28-16-22(31)35-6)30(21-15-17(21)2)25(33)20(13-14-37-7)29-26(34)36-27(3,4)5/h1,9-12,17,20-21,23H,13-16H2,2-7H3,(H,28,32)(H,29,34). The summed E-state index contributed by atoms with van der Waals surface area (Å²) in [5.41, 5.74) is 0.164. The SMILES string of the molecule is C#Cc1ccccc1C(C(=O)NCC(=O)OC)N(C(=O)C(CCSC)NC(=O)OC(C)(C)C)C1CC1C. The van der Waals surface area contributed by atoms with Crippen molar-refractivity contribution in [2.75, 3.05) is 25.7 Å². The summed E-state index contributed by atoms with van der Waals surface area (Å²) in [6.45, 7) is 6.84. The molecule has 0 aromatic heterocycles. The first-order valence-corrected chi connectivity index (χ1v) is 13.5. The fourth-order valence-electron chi connectivity index (χ4n) is 3.91. The van der Waals surface area contributed by atoms with Gasteiger partial charge >= 0.3 is 12.1 Å². The molecule has 2 rings (SSSR count). The largest absolute Gasteiger partial charge is 0.468 e. The number of esters is 1. The monoisotopic (exact) mass is 531 g/mol. The van der Waals surface area contributed by atoms with Crippen molar-refractivity contribution >= 4 is 35.6 Å². The molecular formula is C27H37N3O6S. The Morgan fingerprint density at radius 2 is 1.89 bits per heavy atom. The van der Waals surface area contributed by atoms with Crippen LogP contribution in [-0.4, -0.2) is 72.1 Å². The van der Waals surface area contributed by atoms with Crippen LogP contribution in [0.1, 0.15) is 57.7 Å². The molecule has 2 N–H and O–H groups in total. The highest BCUT2D eigenvalue weighted by Crippen LogP contribution is 2.41. The minimum absolute atomic E-state index is 0.139. The number of alkyl carbamates (subject to hydrolysis) is 1. The molecule has 0 heterocycles. The van der Waals surface area contributed by atoms with Gasteiger partial charge in [0, 0.05) is 11.6 Å². The van der Waals surface area contributed by atoms with Crippen molar-refractivity contribution in [1.29, 1.82) is 0 Å². The van der Waals surface area contributed by atoms with Crippen molar-refractivity contribution in [3.8, 4) is 12.3 Å². The number of nitrogens with one attached hydrogen (secondary N) is 2. The van der Waals surface area contributed by atoms with Gasteiger partial charge in [-0.1, -0.05) is 31.0 Å². The van der Waals surface area contributed by atoms with Crippen LogP contribution in [0.2, 0.25) is 0 Å². The lowest BCUT2D eigenvalue weighted by atomic mass is 9.97. The summed E-state index contributed by atoms with van der Waals surface area (Å²) in [6.07, 6.45) is 7.96. The number of nitrogens with zero attached hydrogens (tertiary/aromatic N) is 1. The van der Waals surface area contributed by atoms with Crippen molar-refractivity contribution in [3.63, 3.8) is 0 Å². The molecule has 0 saturated heterocycles. The fraction of sp³-hybridized carbons (Fsp3) is 0.556. The molecule has 1 aliphatic carbocycles. The number of methoxy groups -OCH3 is 1. The van der Waals surface area contributed by atoms with E-state index in [1.54, 1.807) is 45.0 Å². The number of thioether (sulfide) groups is 1. The number of hydrogen-bond donors (Lipinski definition) is 2. The lowest BCUT2D eigenvalue weighted by molar-refractivity contribution is -0.145. The number of rotatable bonds is 11. The first kappa shape index (κ1) is 30.0. The second kappa shape index (κ2) is 13.4. The van der Waals surface area contributed by atoms with Crippen molar-refractivity contribution in [2.45, 2.75) is 64.3 Å². The molecule has 10 heteroatoms. The maximum Gasteiger partial charge on any atom is 0.408 e. The van der Waals surface area contributed by atoms with Crippen molar-refractivity contribution in [3.05, 3.63) is 35.4 Å². The maximum absolute atomic E-state index is 14.1. The summed E-state index contributed by atoms with van der Waals surface area (Å²) in [5.74, 6) is 1.72. The summed E-state index contributed by atoms with van der Waals surface area (Å²) in [5, 5.41) is 5.29. The van der Waals surface area contributed by atoms with E-state index in [2.05, 4.69) is 21.3 Å². The molecule has 9 nitrogen and oxygen atoms in total. The number of carbonyl (C=O) groups is 4. The predicted octanol–water partition coefficient (Wildman–Crippen LogP) is 2.88. The molecule has 1 aromatic carbocycles. The highest BCUT2D eigenvalue weighted by Gasteiger charge is 2.48. The fourth-order valence-corrected chi connectivity index (χ4v) is 4.38. The van der Waals surface area contributed by atoms with E-state index in [-0.39, 0.29) is 18.5 Å². The van der Waals surface area contributed by atoms with E-state index in [1.807, 2.05) is 13.2 Å². The van der Waals surface area contributed by atoms with Crippen LogP contribution in [0.15, 0.2) is 24.3 Å². The predicted molar refractivity (Wildman–Crippen MR) is 143 cm³/mol. The lowest BCUT2D eigenvalue weighted by Gasteiger charge is -2.35. The Morgan fingerprint density at radius 1 is 1.24 bits per heavy atom. The van der Waals surface area contributed by atoms with Gasteiger partial charge in [0.2, 0.25) is 11.8 Å². The van der Waals surface area contributed by atoms with Crippen LogP contribution in [0.3, 0.4) is 0 Å². The van der Waals surface area contributed by atoms with Crippen molar-refractivity contribution in [2.24, 2.45) is 5.92 Å². The minimum atomic E-state index is -1.11. The van der Waals surface area contributed by atoms with Gasteiger partial charge in [0.15, 0.2) is 0 Å². The number of benzene rings is 1. The van der Waals surface area contributed by atoms with E-state index >= 15 is 0 Å². The highest BCUT2D eigenvalue weighted by molar-refractivity contribution is 7.98. The van der Waals surface area contributed by atoms with Gasteiger partial charge in [0.25, 0.3) is 0 Å². The molecule has 1 fully saturated rings. The molecule has 4 unspecified atom stereocenters. The van der Waals surface area contributed by atoms with Crippen LogP contribution in [0, 0.1) is 18.3 Å². The molecule has 202 valence electrons. The molecule has 1 saturated carbocycles. The second-order valence-corrected chi connectivity index (χ2v) is 10.9. The number of ether oxygens (including phenoxy) is 2. The molecular weight excluding hydrogens is 494 g/mol. The second-order valence-electron chi connectivity index (χ2n) is 9.93. The minimum Gasteiger partial charge on any atom is -0.468 e. The molecule has 37 heavy (non-hydrogen) atoms. The number of hydrogen-bond acceptors (Lipinski definition) is 7. The molecule has 0 bridgehead atoms. The van der Waals surface area contributed by atoms with Gasteiger partial charge in [0.1, 0.15) is 24.2 Å². The molecule has 1 aromatic rings. The summed E-state index contributed by atoms with van der Waals surface area (Å²) in [7, 11) is 1.22. The van der Waals surface area contributed by atoms with Crippen LogP contribution in [0.25, 0.3) is 0 Å². The summed E-state index contributed by atoms with van der Waals surface area (Å²) in [6, 6.07) is 4.59. The van der Waals surface area contributed by atoms with Gasteiger partial charge in [-0.25, -0.2) is 4.79 Å². The molecule has 4 atom stereocenters. The first-order valence-electron chi connectivity index (χ1n) is 12.1. The van der Waals surface area contributed by atoms with Gasteiger partial charge in [0.05, 0.1) is 7.11 Å². The molecule has 3 amide bonds. The summed E-state index contributed by atoms with van der Waals surface area (Å²) in [4.78, 5) is 53.6. The number of amides is 3. The van der Waals surface area contributed by atoms with Crippen LogP contribution < -0.4 is 10.6 Å². The maximum atomic E-state index is 14.1. The lowest BCUT2D eigenvalue weighted by Crippen LogP contribution is -2.54. The van der Waals surface area contributed by atoms with Gasteiger partial charge in [-0.15, -0.1) is 6.42 Å². The zero-order valence-electron chi connectivity index (χ0n) is 22.3. The van der Waals surface area contributed by atoms with E-state index in [0.717, 1.165) is 0 Å². The van der Waals surface area contributed by atoms with E-state index in [4.69, 9.17) is 11.2 Å². The zero-order valence-corrected chi connectivity index (χ0v) is 23.1. The van der Waals surface area contributed by atoms with Crippen molar-refractivity contribution < 1.29 is 28.7 Å². The van der Waals surface area contributed by atoms with E-state index < -0.39 is 41.6 Å². The Hall–Kier alpha value is -3.19. The quantitative estimate of drug-likeness (QED) is 0.333. The van der Waals surface area contributed by atoms with Crippen LogP contribution in [0.4, 0.5) is 4.79 Å². The first-order chi connectivity index (χ1) is 17.4. The molecule has 0 radical (unpaired) electrons. The third kappa shape index (κ3) is 8.71.